The molecule has 0 atom stereocenters. The van der Waals surface area contributed by atoms with Crippen LogP contribution in [-0.4, -0.2) is 38.8 Å². The monoisotopic (exact) mass is 483 g/mol. The van der Waals surface area contributed by atoms with Crippen LogP contribution in [0.25, 0.3) is 0 Å². The normalized spacial score (nSPS) is 13.4. The Kier molecular flexibility index (Phi) is 6.68. The number of urea groups is 1. The number of nitrogens with one attached hydrogen (secondary N) is 3. The first-order valence-corrected chi connectivity index (χ1v) is 11.3. The molecule has 0 radical (unpaired) electrons. The van der Waals surface area contributed by atoms with E-state index in [1.165, 1.54) is 6.20 Å². The molecule has 3 aromatic rings. The summed E-state index contributed by atoms with van der Waals surface area (Å²) in [6.07, 6.45) is 5.92. The lowest BCUT2D eigenvalue weighted by Gasteiger charge is -2.14. The first kappa shape index (κ1) is 23.1. The number of carbonyl (C=O) groups is 4. The van der Waals surface area contributed by atoms with Gasteiger partial charge in [-0.15, -0.1) is 0 Å². The molecule has 2 heterocycles. The van der Waals surface area contributed by atoms with E-state index in [0.29, 0.717) is 11.3 Å². The molecule has 1 aromatic carbocycles. The van der Waals surface area contributed by atoms with Crippen molar-refractivity contribution in [1.29, 1.82) is 0 Å². The van der Waals surface area contributed by atoms with Crippen LogP contribution in [0.2, 0.25) is 0 Å². The Balaban J connectivity index is 1.40. The fourth-order valence-electron chi connectivity index (χ4n) is 3.65. The number of carboxylic acid groups (broad SMARTS) is 1. The standard InChI is InChI=1S/C22H21N5O6S/c1-11-6-7-14(13(8-11)17(28)12-4-2-3-5-12)24-20(32)27-22-23-9-16(34-22)18(29)26-21-25-15(10-33-21)19(30)31/h6-10,12H,2-5H2,1H3,(H,30,31)(H,25,26,29)(H2,23,24,27,32). The molecule has 1 aliphatic rings. The molecule has 0 spiro atoms. The second kappa shape index (κ2) is 9.83. The molecule has 2 aromatic heterocycles. The van der Waals surface area contributed by atoms with Crippen LogP contribution in [0.5, 0.6) is 0 Å². The second-order valence-corrected chi connectivity index (χ2v) is 8.83. The maximum atomic E-state index is 13.0. The first-order chi connectivity index (χ1) is 16.3. The number of aromatic nitrogens is 2. The second-order valence-electron chi connectivity index (χ2n) is 7.80. The van der Waals surface area contributed by atoms with E-state index in [2.05, 4.69) is 25.9 Å². The average Bonchev–Trinajstić information content (AvgIpc) is 3.56. The molecule has 1 saturated carbocycles. The minimum Gasteiger partial charge on any atom is -0.476 e. The van der Waals surface area contributed by atoms with Gasteiger partial charge in [0, 0.05) is 11.5 Å². The summed E-state index contributed by atoms with van der Waals surface area (Å²) < 4.78 is 4.88. The molecule has 1 fully saturated rings. The topological polar surface area (TPSA) is 164 Å². The number of anilines is 3. The van der Waals surface area contributed by atoms with Gasteiger partial charge in [-0.25, -0.2) is 14.6 Å². The van der Waals surface area contributed by atoms with Gasteiger partial charge in [0.25, 0.3) is 5.91 Å². The molecule has 12 heteroatoms. The highest BCUT2D eigenvalue weighted by Crippen LogP contribution is 2.31. The molecule has 0 unspecified atom stereocenters. The van der Waals surface area contributed by atoms with Gasteiger partial charge in [-0.3, -0.25) is 20.2 Å². The summed E-state index contributed by atoms with van der Waals surface area (Å²) in [4.78, 5) is 56.4. The smallest absolute Gasteiger partial charge is 0.357 e. The van der Waals surface area contributed by atoms with Gasteiger partial charge in [-0.05, 0) is 31.9 Å². The van der Waals surface area contributed by atoms with Gasteiger partial charge in [0.1, 0.15) is 11.1 Å². The van der Waals surface area contributed by atoms with Gasteiger partial charge in [0.15, 0.2) is 16.6 Å². The van der Waals surface area contributed by atoms with E-state index in [9.17, 15) is 19.2 Å². The van der Waals surface area contributed by atoms with Gasteiger partial charge in [0.2, 0.25) is 0 Å². The summed E-state index contributed by atoms with van der Waals surface area (Å²) in [6, 6.07) is 4.40. The molecule has 4 rings (SSSR count). The quantitative estimate of drug-likeness (QED) is 0.359. The van der Waals surface area contributed by atoms with Crippen LogP contribution in [0.1, 0.15) is 61.8 Å². The molecule has 0 saturated heterocycles. The number of carbonyl (C=O) groups excluding carboxylic acids is 3. The van der Waals surface area contributed by atoms with Crippen LogP contribution in [0.3, 0.4) is 0 Å². The third-order valence-electron chi connectivity index (χ3n) is 5.31. The van der Waals surface area contributed by atoms with Crippen molar-refractivity contribution in [3.8, 4) is 0 Å². The SMILES string of the molecule is Cc1ccc(NC(=O)Nc2ncc(C(=O)Nc3nc(C(=O)O)co3)s2)c(C(=O)C2CCCC2)c1. The fourth-order valence-corrected chi connectivity index (χ4v) is 4.36. The Hall–Kier alpha value is -4.06. The van der Waals surface area contributed by atoms with Crippen LogP contribution in [0, 0.1) is 12.8 Å². The number of ketones is 1. The molecule has 4 N–H and O–H groups in total. The minimum atomic E-state index is -1.29. The number of hydrogen-bond acceptors (Lipinski definition) is 8. The number of rotatable bonds is 7. The Bertz CT molecular complexity index is 1260. The zero-order valence-corrected chi connectivity index (χ0v) is 18.9. The van der Waals surface area contributed by atoms with Crippen LogP contribution >= 0.6 is 11.3 Å². The fraction of sp³-hybridized carbons (Fsp3) is 0.273. The number of amides is 3. The zero-order chi connectivity index (χ0) is 24.2. The maximum Gasteiger partial charge on any atom is 0.357 e. The number of hydrogen-bond donors (Lipinski definition) is 4. The highest BCUT2D eigenvalue weighted by molar-refractivity contribution is 7.17. The summed E-state index contributed by atoms with van der Waals surface area (Å²) in [5.74, 6) is -1.92. The lowest BCUT2D eigenvalue weighted by molar-refractivity contribution is 0.0689. The van der Waals surface area contributed by atoms with E-state index in [1.807, 2.05) is 13.0 Å². The number of carboxylic acids is 1. The number of aryl methyl sites for hydroxylation is 1. The van der Waals surface area contributed by atoms with Gasteiger partial charge in [0.05, 0.1) is 11.9 Å². The molecular weight excluding hydrogens is 462 g/mol. The van der Waals surface area contributed by atoms with E-state index in [1.54, 1.807) is 12.1 Å². The van der Waals surface area contributed by atoms with Crippen molar-refractivity contribution in [2.75, 3.05) is 16.0 Å². The molecule has 0 bridgehead atoms. The lowest BCUT2D eigenvalue weighted by Crippen LogP contribution is -2.22. The number of benzene rings is 1. The summed E-state index contributed by atoms with van der Waals surface area (Å²) in [5, 5.41) is 16.6. The Morgan fingerprint density at radius 2 is 1.88 bits per heavy atom. The van der Waals surface area contributed by atoms with E-state index >= 15 is 0 Å². The Morgan fingerprint density at radius 1 is 1.12 bits per heavy atom. The number of Topliss-reactive ketones (excluding diaryl/α,β-unsaturated/α-hetero) is 1. The minimum absolute atomic E-state index is 0.0272. The van der Waals surface area contributed by atoms with Crippen LogP contribution < -0.4 is 16.0 Å². The predicted octanol–water partition coefficient (Wildman–Crippen LogP) is 4.41. The first-order valence-electron chi connectivity index (χ1n) is 10.5. The van der Waals surface area contributed by atoms with Crippen molar-refractivity contribution in [3.63, 3.8) is 0 Å². The number of nitrogens with zero attached hydrogens (tertiary/aromatic N) is 2. The van der Waals surface area contributed by atoms with E-state index in [0.717, 1.165) is 48.8 Å². The van der Waals surface area contributed by atoms with Crippen LogP contribution in [0.4, 0.5) is 21.6 Å². The summed E-state index contributed by atoms with van der Waals surface area (Å²) in [7, 11) is 0. The van der Waals surface area contributed by atoms with Gasteiger partial charge in [-0.2, -0.15) is 4.98 Å². The summed E-state index contributed by atoms with van der Waals surface area (Å²) >= 11 is 0.898. The van der Waals surface area contributed by atoms with Gasteiger partial charge < -0.3 is 14.8 Å². The molecular formula is C22H21N5O6S. The predicted molar refractivity (Wildman–Crippen MR) is 124 cm³/mol. The van der Waals surface area contributed by atoms with Crippen molar-refractivity contribution in [1.82, 2.24) is 9.97 Å². The average molecular weight is 484 g/mol. The van der Waals surface area contributed by atoms with E-state index < -0.39 is 17.9 Å². The van der Waals surface area contributed by atoms with E-state index in [-0.39, 0.29) is 33.4 Å². The largest absolute Gasteiger partial charge is 0.476 e. The van der Waals surface area contributed by atoms with Crippen LogP contribution in [-0.2, 0) is 0 Å². The zero-order valence-electron chi connectivity index (χ0n) is 18.1. The van der Waals surface area contributed by atoms with Gasteiger partial charge >= 0.3 is 18.0 Å². The molecule has 34 heavy (non-hydrogen) atoms. The Labute approximate surface area is 197 Å². The lowest BCUT2D eigenvalue weighted by atomic mass is 9.94. The van der Waals surface area contributed by atoms with Crippen molar-refractivity contribution in [2.45, 2.75) is 32.6 Å². The molecule has 11 nitrogen and oxygen atoms in total. The molecule has 1 aliphatic carbocycles. The third-order valence-corrected chi connectivity index (χ3v) is 6.22. The van der Waals surface area contributed by atoms with Crippen molar-refractivity contribution in [3.05, 3.63) is 52.4 Å². The van der Waals surface area contributed by atoms with E-state index in [4.69, 9.17) is 9.52 Å². The highest BCUT2D eigenvalue weighted by atomic mass is 32.1. The molecule has 3 amide bonds. The number of oxazole rings is 1. The number of thiazole rings is 1. The highest BCUT2D eigenvalue weighted by Gasteiger charge is 2.26. The number of aromatic carboxylic acids is 1. The van der Waals surface area contributed by atoms with Crippen molar-refractivity contribution < 1.29 is 28.7 Å². The molecule has 0 aliphatic heterocycles. The summed E-state index contributed by atoms with van der Waals surface area (Å²) in [5.41, 5.74) is 1.46. The van der Waals surface area contributed by atoms with Crippen LogP contribution in [0.15, 0.2) is 35.1 Å². The van der Waals surface area contributed by atoms with Gasteiger partial charge in [-0.1, -0.05) is 35.8 Å². The third kappa shape index (κ3) is 5.29. The summed E-state index contributed by atoms with van der Waals surface area (Å²) in [6.45, 7) is 1.89. The Morgan fingerprint density at radius 3 is 2.59 bits per heavy atom. The maximum absolute atomic E-state index is 13.0. The van der Waals surface area contributed by atoms with Crippen molar-refractivity contribution in [2.24, 2.45) is 5.92 Å². The molecule has 176 valence electrons. The van der Waals surface area contributed by atoms with Crippen molar-refractivity contribution >= 4 is 51.9 Å².